The molecule has 0 fully saturated rings. The predicted molar refractivity (Wildman–Crippen MR) is 118 cm³/mol. The van der Waals surface area contributed by atoms with Gasteiger partial charge in [0.15, 0.2) is 5.65 Å². The van der Waals surface area contributed by atoms with Crippen LogP contribution in [0.5, 0.6) is 0 Å². The Bertz CT molecular complexity index is 1350. The van der Waals surface area contributed by atoms with Crippen molar-refractivity contribution < 1.29 is 0 Å². The minimum Gasteiger partial charge on any atom is -0.324 e. The monoisotopic (exact) mass is 380 g/mol. The molecular formula is C23H20N6. The number of anilines is 1. The molecule has 0 saturated heterocycles. The number of benzene rings is 3. The molecule has 0 atom stereocenters. The van der Waals surface area contributed by atoms with E-state index in [1.807, 2.05) is 36.4 Å². The van der Waals surface area contributed by atoms with Crippen LogP contribution in [0, 0.1) is 0 Å². The van der Waals surface area contributed by atoms with Gasteiger partial charge in [0, 0.05) is 17.5 Å². The average Bonchev–Trinajstić information content (AvgIpc) is 3.08. The number of rotatable bonds is 5. The van der Waals surface area contributed by atoms with Gasteiger partial charge in [-0.1, -0.05) is 67.6 Å². The van der Waals surface area contributed by atoms with Crippen molar-refractivity contribution in [3.05, 3.63) is 72.3 Å². The molecule has 3 aromatic carbocycles. The van der Waals surface area contributed by atoms with E-state index in [-0.39, 0.29) is 0 Å². The number of nitrogens with zero attached hydrogens (tertiary/aromatic N) is 5. The van der Waals surface area contributed by atoms with Gasteiger partial charge in [-0.05, 0) is 23.3 Å². The fourth-order valence-electron chi connectivity index (χ4n) is 3.72. The molecule has 6 heteroatoms. The van der Waals surface area contributed by atoms with Crippen molar-refractivity contribution in [2.45, 2.75) is 19.9 Å². The Hall–Kier alpha value is -3.80. The molecule has 1 N–H and O–H groups in total. The Morgan fingerprint density at radius 3 is 2.62 bits per heavy atom. The first-order valence-corrected chi connectivity index (χ1v) is 9.73. The summed E-state index contributed by atoms with van der Waals surface area (Å²) < 4.78 is 2.19. The zero-order valence-electron chi connectivity index (χ0n) is 16.1. The first-order chi connectivity index (χ1) is 14.3. The van der Waals surface area contributed by atoms with E-state index in [1.165, 1.54) is 5.39 Å². The van der Waals surface area contributed by atoms with Crippen LogP contribution in [0.2, 0.25) is 0 Å². The van der Waals surface area contributed by atoms with Crippen molar-refractivity contribution in [3.8, 4) is 0 Å². The number of aryl methyl sites for hydroxylation is 1. The second-order valence-corrected chi connectivity index (χ2v) is 6.91. The van der Waals surface area contributed by atoms with E-state index in [0.717, 1.165) is 46.0 Å². The summed E-state index contributed by atoms with van der Waals surface area (Å²) in [5.74, 6) is 0.383. The van der Waals surface area contributed by atoms with Crippen LogP contribution < -0.4 is 5.43 Å². The highest BCUT2D eigenvalue weighted by Crippen LogP contribution is 2.26. The molecule has 0 aliphatic heterocycles. The van der Waals surface area contributed by atoms with Gasteiger partial charge in [0.25, 0.3) is 5.95 Å². The van der Waals surface area contributed by atoms with E-state index in [4.69, 9.17) is 0 Å². The molecule has 0 radical (unpaired) electrons. The molecular weight excluding hydrogens is 360 g/mol. The summed E-state index contributed by atoms with van der Waals surface area (Å²) in [5, 5.41) is 16.4. The van der Waals surface area contributed by atoms with Gasteiger partial charge in [-0.2, -0.15) is 10.1 Å². The summed E-state index contributed by atoms with van der Waals surface area (Å²) >= 11 is 0. The minimum atomic E-state index is 0.383. The van der Waals surface area contributed by atoms with Crippen LogP contribution in [-0.4, -0.2) is 26.0 Å². The molecule has 2 aromatic heterocycles. The number of para-hydroxylation sites is 1. The van der Waals surface area contributed by atoms with E-state index in [2.05, 4.69) is 67.5 Å². The molecule has 0 saturated carbocycles. The van der Waals surface area contributed by atoms with Gasteiger partial charge in [-0.3, -0.25) is 0 Å². The molecule has 0 amide bonds. The maximum absolute atomic E-state index is 4.69. The number of hydrazone groups is 1. The second kappa shape index (κ2) is 7.31. The van der Waals surface area contributed by atoms with E-state index in [1.54, 1.807) is 6.21 Å². The third kappa shape index (κ3) is 3.08. The lowest BCUT2D eigenvalue weighted by atomic mass is 10.1. The highest BCUT2D eigenvalue weighted by molar-refractivity contribution is 6.04. The molecule has 142 valence electrons. The maximum atomic E-state index is 4.69. The van der Waals surface area contributed by atoms with Gasteiger partial charge < -0.3 is 4.57 Å². The van der Waals surface area contributed by atoms with Crippen molar-refractivity contribution in [1.82, 2.24) is 19.7 Å². The van der Waals surface area contributed by atoms with Gasteiger partial charge in [0.2, 0.25) is 0 Å². The molecule has 0 aliphatic carbocycles. The predicted octanol–water partition coefficient (Wildman–Crippen LogP) is 4.99. The molecule has 6 nitrogen and oxygen atoms in total. The first-order valence-electron chi connectivity index (χ1n) is 9.73. The number of aromatic nitrogens is 4. The topological polar surface area (TPSA) is 68.0 Å². The second-order valence-electron chi connectivity index (χ2n) is 6.91. The van der Waals surface area contributed by atoms with E-state index in [0.29, 0.717) is 5.95 Å². The van der Waals surface area contributed by atoms with Crippen molar-refractivity contribution in [1.29, 1.82) is 0 Å². The van der Waals surface area contributed by atoms with Crippen LogP contribution in [0.25, 0.3) is 32.8 Å². The molecule has 5 aromatic rings. The zero-order valence-corrected chi connectivity index (χ0v) is 16.1. The normalized spacial score (nSPS) is 11.8. The molecule has 29 heavy (non-hydrogen) atoms. The van der Waals surface area contributed by atoms with Crippen molar-refractivity contribution in [2.24, 2.45) is 5.10 Å². The van der Waals surface area contributed by atoms with Crippen molar-refractivity contribution in [3.63, 3.8) is 0 Å². The third-order valence-electron chi connectivity index (χ3n) is 5.01. The lowest BCUT2D eigenvalue weighted by molar-refractivity contribution is 0.716. The van der Waals surface area contributed by atoms with Crippen molar-refractivity contribution >= 4 is 45.0 Å². The fourth-order valence-corrected chi connectivity index (χ4v) is 3.72. The van der Waals surface area contributed by atoms with E-state index < -0.39 is 0 Å². The summed E-state index contributed by atoms with van der Waals surface area (Å²) in [4.78, 5) is 4.69. The van der Waals surface area contributed by atoms with Gasteiger partial charge in [0.1, 0.15) is 5.52 Å². The molecule has 0 unspecified atom stereocenters. The zero-order chi connectivity index (χ0) is 19.6. The van der Waals surface area contributed by atoms with Gasteiger partial charge in [0.05, 0.1) is 11.7 Å². The SMILES string of the molecule is CCCn1c2ccccc2c2nnc(N/N=C/c3cccc4ccccc34)nc21. The van der Waals surface area contributed by atoms with Crippen LogP contribution in [-0.2, 0) is 6.54 Å². The van der Waals surface area contributed by atoms with Crippen LogP contribution in [0.1, 0.15) is 18.9 Å². The van der Waals surface area contributed by atoms with Crippen LogP contribution >= 0.6 is 0 Å². The maximum Gasteiger partial charge on any atom is 0.265 e. The number of hydrogen-bond donors (Lipinski definition) is 1. The fraction of sp³-hybridized carbons (Fsp3) is 0.130. The Balaban J connectivity index is 1.50. The largest absolute Gasteiger partial charge is 0.324 e. The lowest BCUT2D eigenvalue weighted by Crippen LogP contribution is -2.03. The Labute approximate surface area is 167 Å². The van der Waals surface area contributed by atoms with E-state index in [9.17, 15) is 0 Å². The summed E-state index contributed by atoms with van der Waals surface area (Å²) in [6, 6.07) is 22.6. The Kier molecular flexibility index (Phi) is 4.37. The quantitative estimate of drug-likeness (QED) is 0.345. The molecule has 0 bridgehead atoms. The number of nitrogens with one attached hydrogen (secondary N) is 1. The third-order valence-corrected chi connectivity index (χ3v) is 5.01. The van der Waals surface area contributed by atoms with E-state index >= 15 is 0 Å². The molecule has 2 heterocycles. The van der Waals surface area contributed by atoms with Gasteiger partial charge >= 0.3 is 0 Å². The van der Waals surface area contributed by atoms with Gasteiger partial charge in [-0.25, -0.2) is 5.43 Å². The summed E-state index contributed by atoms with van der Waals surface area (Å²) in [6.07, 6.45) is 2.80. The van der Waals surface area contributed by atoms with Crippen molar-refractivity contribution in [2.75, 3.05) is 5.43 Å². The average molecular weight is 380 g/mol. The van der Waals surface area contributed by atoms with Crippen LogP contribution in [0.15, 0.2) is 71.8 Å². The highest BCUT2D eigenvalue weighted by Gasteiger charge is 2.13. The first kappa shape index (κ1) is 17.3. The summed E-state index contributed by atoms with van der Waals surface area (Å²) in [5.41, 5.74) is 6.74. The number of hydrogen-bond acceptors (Lipinski definition) is 5. The van der Waals surface area contributed by atoms with Gasteiger partial charge in [-0.15, -0.1) is 10.2 Å². The molecule has 0 aliphatic rings. The van der Waals surface area contributed by atoms with Crippen LogP contribution in [0.4, 0.5) is 5.95 Å². The Morgan fingerprint density at radius 1 is 0.931 bits per heavy atom. The smallest absolute Gasteiger partial charge is 0.265 e. The summed E-state index contributed by atoms with van der Waals surface area (Å²) in [7, 11) is 0. The minimum absolute atomic E-state index is 0.383. The Morgan fingerprint density at radius 2 is 1.72 bits per heavy atom. The highest BCUT2D eigenvalue weighted by atomic mass is 15.4. The lowest BCUT2D eigenvalue weighted by Gasteiger charge is -2.04. The molecule has 5 rings (SSSR count). The summed E-state index contributed by atoms with van der Waals surface area (Å²) in [6.45, 7) is 3.03. The number of fused-ring (bicyclic) bond motifs is 4. The molecule has 0 spiro atoms. The van der Waals surface area contributed by atoms with Crippen LogP contribution in [0.3, 0.4) is 0 Å². The standard InChI is InChI=1S/C23H20N6/c1-2-14-29-20-13-6-5-12-19(20)21-22(29)25-23(28-26-21)27-24-15-17-10-7-9-16-8-3-4-11-18(16)17/h3-13,15H,2,14H2,1H3,(H,25,27,28)/b24-15+.